The van der Waals surface area contributed by atoms with E-state index in [-0.39, 0.29) is 19.7 Å². The molecule has 0 rings (SSSR count). The van der Waals surface area contributed by atoms with Crippen LogP contribution in [0, 0.1) is 0 Å². The number of aliphatic hydroxyl groups is 1. The molecule has 7 nitrogen and oxygen atoms in total. The van der Waals surface area contributed by atoms with Gasteiger partial charge in [-0.05, 0) is 6.92 Å². The van der Waals surface area contributed by atoms with E-state index in [2.05, 4.69) is 25.9 Å². The van der Waals surface area contributed by atoms with Gasteiger partial charge in [-0.15, -0.1) is 0 Å². The Balaban J connectivity index is 3.99. The van der Waals surface area contributed by atoms with Crippen molar-refractivity contribution in [1.82, 2.24) is 0 Å². The number of quaternary nitrogens is 1. The van der Waals surface area contributed by atoms with Crippen LogP contribution in [0.1, 0.15) is 6.92 Å². The highest BCUT2D eigenvalue weighted by atomic mass is 31.2. The van der Waals surface area contributed by atoms with Crippen molar-refractivity contribution in [2.45, 2.75) is 13.0 Å². The molecule has 0 radical (unpaired) electrons. The largest absolute Gasteiger partial charge is 0.460 e. The lowest BCUT2D eigenvalue weighted by Gasteiger charge is -2.25. The van der Waals surface area contributed by atoms with Gasteiger partial charge in [0.25, 0.3) is 6.47 Å². The van der Waals surface area contributed by atoms with Gasteiger partial charge in [0.1, 0.15) is 19.3 Å². The Morgan fingerprint density at radius 1 is 1.26 bits per heavy atom. The van der Waals surface area contributed by atoms with Crippen molar-refractivity contribution >= 4 is 15.1 Å². The maximum atomic E-state index is 10.2. The zero-order valence-corrected chi connectivity index (χ0v) is 13.0. The van der Waals surface area contributed by atoms with E-state index in [9.17, 15) is 4.79 Å². The quantitative estimate of drug-likeness (QED) is 0.322. The molecule has 0 heterocycles. The van der Waals surface area contributed by atoms with Crippen molar-refractivity contribution < 1.29 is 32.7 Å². The van der Waals surface area contributed by atoms with Gasteiger partial charge in [0.2, 0.25) is 0 Å². The molecule has 114 valence electrons. The molecule has 1 unspecified atom stereocenters. The van der Waals surface area contributed by atoms with Gasteiger partial charge < -0.3 is 27.9 Å². The third-order valence-electron chi connectivity index (χ3n) is 2.01. The summed E-state index contributed by atoms with van der Waals surface area (Å²) in [5.41, 5.74) is 0. The van der Waals surface area contributed by atoms with Crippen LogP contribution in [0.3, 0.4) is 0 Å². The minimum atomic E-state index is -1.48. The number of carbonyl (C=O) groups is 1. The topological polar surface area (TPSA) is 74.2 Å². The number of carbonyl (C=O) groups excluding carboxylic acids is 1. The predicted molar refractivity (Wildman–Crippen MR) is 71.4 cm³/mol. The zero-order valence-electron chi connectivity index (χ0n) is 12.1. The van der Waals surface area contributed by atoms with E-state index in [0.717, 1.165) is 11.0 Å². The van der Waals surface area contributed by atoms with Crippen LogP contribution < -0.4 is 0 Å². The van der Waals surface area contributed by atoms with Gasteiger partial charge in [-0.2, -0.15) is 0 Å². The second-order valence-electron chi connectivity index (χ2n) is 4.82. The Labute approximate surface area is 116 Å². The summed E-state index contributed by atoms with van der Waals surface area (Å²) >= 11 is 0. The fourth-order valence-corrected chi connectivity index (χ4v) is 1.92. The van der Waals surface area contributed by atoms with Crippen molar-refractivity contribution in [3.63, 3.8) is 0 Å². The second-order valence-corrected chi connectivity index (χ2v) is 6.04. The van der Waals surface area contributed by atoms with E-state index < -0.39 is 14.7 Å². The van der Waals surface area contributed by atoms with E-state index in [4.69, 9.17) is 18.7 Å². The molecule has 0 saturated heterocycles. The predicted octanol–water partition coefficient (Wildman–Crippen LogP) is 0.523. The molecule has 8 heteroatoms. The maximum absolute atomic E-state index is 10.2. The molecule has 0 aliphatic carbocycles. The van der Waals surface area contributed by atoms with Gasteiger partial charge in [0.05, 0.1) is 41.0 Å². The van der Waals surface area contributed by atoms with Crippen molar-refractivity contribution in [3.8, 4) is 0 Å². The monoisotopic (exact) mass is 298 g/mol. The Morgan fingerprint density at radius 2 is 1.95 bits per heavy atom. The Morgan fingerprint density at radius 3 is 2.42 bits per heavy atom. The van der Waals surface area contributed by atoms with Gasteiger partial charge >= 0.3 is 8.60 Å². The SMILES string of the molecule is CCOP(OCC[N+](C)(C)C)OC[C@H](CO)OC=O. The molecule has 0 spiro atoms. The number of hydrogen-bond donors (Lipinski definition) is 1. The molecule has 0 saturated carbocycles. The van der Waals surface area contributed by atoms with Crippen LogP contribution in [-0.2, 0) is 23.1 Å². The fraction of sp³-hybridized carbons (Fsp3) is 0.909. The molecule has 1 N–H and O–H groups in total. The smallest absolute Gasteiger partial charge is 0.332 e. The van der Waals surface area contributed by atoms with Crippen molar-refractivity contribution in [3.05, 3.63) is 0 Å². The fourth-order valence-electron chi connectivity index (χ4n) is 0.964. The average molecular weight is 298 g/mol. The summed E-state index contributed by atoms with van der Waals surface area (Å²) in [7, 11) is 4.71. The highest BCUT2D eigenvalue weighted by Crippen LogP contribution is 2.39. The summed E-state index contributed by atoms with van der Waals surface area (Å²) in [5.74, 6) is 0. The summed E-state index contributed by atoms with van der Waals surface area (Å²) in [6.07, 6.45) is -0.690. The molecule has 2 atom stereocenters. The summed E-state index contributed by atoms with van der Waals surface area (Å²) in [6, 6.07) is 0. The molecule has 0 aromatic carbocycles. The molecule has 0 bridgehead atoms. The maximum Gasteiger partial charge on any atom is 0.332 e. The zero-order chi connectivity index (χ0) is 14.7. The van der Waals surface area contributed by atoms with E-state index >= 15 is 0 Å². The number of nitrogens with zero attached hydrogens (tertiary/aromatic N) is 1. The highest BCUT2D eigenvalue weighted by Gasteiger charge is 2.18. The van der Waals surface area contributed by atoms with Gasteiger partial charge in [0, 0.05) is 0 Å². The van der Waals surface area contributed by atoms with E-state index in [1.54, 1.807) is 0 Å². The summed E-state index contributed by atoms with van der Waals surface area (Å²) in [6.45, 7) is 3.67. The van der Waals surface area contributed by atoms with Gasteiger partial charge in [-0.1, -0.05) is 0 Å². The van der Waals surface area contributed by atoms with Crippen LogP contribution in [0.2, 0.25) is 0 Å². The molecule has 0 aromatic heterocycles. The first-order valence-electron chi connectivity index (χ1n) is 6.12. The molecular formula is C11H25NO6P+. The number of hydrogen-bond acceptors (Lipinski definition) is 6. The molecule has 0 aromatic rings. The first kappa shape index (κ1) is 18.7. The lowest BCUT2D eigenvalue weighted by molar-refractivity contribution is -0.870. The molecular weight excluding hydrogens is 273 g/mol. The lowest BCUT2D eigenvalue weighted by atomic mass is 10.4. The molecule has 19 heavy (non-hydrogen) atoms. The first-order chi connectivity index (χ1) is 8.92. The van der Waals surface area contributed by atoms with Gasteiger partial charge in [0.15, 0.2) is 0 Å². The second kappa shape index (κ2) is 10.5. The van der Waals surface area contributed by atoms with Crippen LogP contribution in [-0.4, -0.2) is 76.3 Å². The Kier molecular flexibility index (Phi) is 10.3. The van der Waals surface area contributed by atoms with Gasteiger partial charge in [-0.3, -0.25) is 4.79 Å². The average Bonchev–Trinajstić information content (AvgIpc) is 2.32. The van der Waals surface area contributed by atoms with Gasteiger partial charge in [-0.25, -0.2) is 0 Å². The molecule has 0 aliphatic rings. The summed E-state index contributed by atoms with van der Waals surface area (Å²) < 4.78 is 21.6. The van der Waals surface area contributed by atoms with Crippen molar-refractivity contribution in [2.24, 2.45) is 0 Å². The van der Waals surface area contributed by atoms with E-state index in [1.165, 1.54) is 0 Å². The first-order valence-corrected chi connectivity index (χ1v) is 7.21. The third-order valence-corrected chi connectivity index (χ3v) is 3.23. The number of ether oxygens (including phenoxy) is 1. The number of rotatable bonds is 12. The summed E-state index contributed by atoms with van der Waals surface area (Å²) in [4.78, 5) is 10.2. The van der Waals surface area contributed by atoms with E-state index in [0.29, 0.717) is 13.2 Å². The molecule has 0 aliphatic heterocycles. The molecule has 0 amide bonds. The van der Waals surface area contributed by atoms with Crippen LogP contribution in [0.5, 0.6) is 0 Å². The number of aliphatic hydroxyl groups excluding tert-OH is 1. The lowest BCUT2D eigenvalue weighted by Crippen LogP contribution is -2.37. The number of likely N-dealkylation sites (N-methyl/N-ethyl adjacent to an activating group) is 1. The van der Waals surface area contributed by atoms with Crippen LogP contribution >= 0.6 is 8.60 Å². The third kappa shape index (κ3) is 11.2. The Bertz CT molecular complexity index is 236. The molecule has 0 fully saturated rings. The summed E-state index contributed by atoms with van der Waals surface area (Å²) in [5, 5.41) is 8.94. The normalized spacial score (nSPS) is 15.0. The van der Waals surface area contributed by atoms with Crippen molar-refractivity contribution in [2.75, 3.05) is 54.1 Å². The Hall–Kier alpha value is -0.300. The minimum Gasteiger partial charge on any atom is -0.460 e. The van der Waals surface area contributed by atoms with Crippen LogP contribution in [0.4, 0.5) is 0 Å². The van der Waals surface area contributed by atoms with Crippen molar-refractivity contribution in [1.29, 1.82) is 0 Å². The van der Waals surface area contributed by atoms with Crippen LogP contribution in [0.15, 0.2) is 0 Å². The minimum absolute atomic E-state index is 0.0469. The standard InChI is InChI=1S/C11H25NO6P/c1-5-16-19(17-7-6-12(2,3)4)18-9-11(8-13)15-10-14/h10-11,13H,5-9H2,1-4H3/q+1/t11-,19?/m0/s1. The van der Waals surface area contributed by atoms with E-state index in [1.807, 2.05) is 6.92 Å². The van der Waals surface area contributed by atoms with Crippen LogP contribution in [0.25, 0.3) is 0 Å². The highest BCUT2D eigenvalue weighted by molar-refractivity contribution is 7.41.